The van der Waals surface area contributed by atoms with E-state index in [9.17, 15) is 0 Å². The zero-order valence-corrected chi connectivity index (χ0v) is 18.9. The molecule has 3 rings (SSSR count). The van der Waals surface area contributed by atoms with Crippen molar-refractivity contribution >= 4 is 5.96 Å². The molecule has 168 valence electrons. The van der Waals surface area contributed by atoms with Gasteiger partial charge in [-0.3, -0.25) is 4.99 Å². The topological polar surface area (TPSA) is 64.1 Å². The number of methoxy groups -OCH3 is 1. The number of aliphatic imine (C=N–C) groups is 1. The van der Waals surface area contributed by atoms with Crippen LogP contribution in [0.2, 0.25) is 0 Å². The van der Waals surface area contributed by atoms with Gasteiger partial charge < -0.3 is 24.8 Å². The Morgan fingerprint density at radius 3 is 2.71 bits per heavy atom. The lowest BCUT2D eigenvalue weighted by Crippen LogP contribution is -2.42. The molecule has 6 nitrogen and oxygen atoms in total. The summed E-state index contributed by atoms with van der Waals surface area (Å²) < 4.78 is 17.3. The standard InChI is InChI=1S/C25H35N3O3/c1-19-10-12-20(13-11-19)24-21(8-6-15-31-24)17-28-25(26-2)27-14-16-30-18-22-7-4-5-9-23(22)29-3/h4-5,7,9-13,21,24H,6,8,14-18H2,1-3H3,(H2,26,27,28). The Kier molecular flexibility index (Phi) is 9.18. The molecule has 0 aliphatic carbocycles. The molecule has 0 aromatic heterocycles. The first kappa shape index (κ1) is 23.1. The van der Waals surface area contributed by atoms with Gasteiger partial charge in [0.25, 0.3) is 0 Å². The van der Waals surface area contributed by atoms with E-state index in [4.69, 9.17) is 14.2 Å². The number of benzene rings is 2. The van der Waals surface area contributed by atoms with E-state index in [0.717, 1.165) is 43.3 Å². The number of nitrogens with one attached hydrogen (secondary N) is 2. The van der Waals surface area contributed by atoms with Crippen LogP contribution in [0.25, 0.3) is 0 Å². The second-order valence-electron chi connectivity index (χ2n) is 7.85. The van der Waals surface area contributed by atoms with E-state index in [-0.39, 0.29) is 6.10 Å². The summed E-state index contributed by atoms with van der Waals surface area (Å²) in [5, 5.41) is 6.79. The molecule has 1 aliphatic heterocycles. The van der Waals surface area contributed by atoms with Crippen molar-refractivity contribution in [1.29, 1.82) is 0 Å². The summed E-state index contributed by atoms with van der Waals surface area (Å²) in [6.07, 6.45) is 2.37. The number of hydrogen-bond donors (Lipinski definition) is 2. The maximum atomic E-state index is 6.13. The third-order valence-corrected chi connectivity index (χ3v) is 5.59. The van der Waals surface area contributed by atoms with Crippen molar-refractivity contribution in [3.05, 3.63) is 65.2 Å². The molecule has 2 unspecified atom stereocenters. The molecule has 6 heteroatoms. The fourth-order valence-corrected chi connectivity index (χ4v) is 3.87. The lowest BCUT2D eigenvalue weighted by Gasteiger charge is -2.32. The van der Waals surface area contributed by atoms with E-state index < -0.39 is 0 Å². The predicted molar refractivity (Wildman–Crippen MR) is 125 cm³/mol. The first-order chi connectivity index (χ1) is 15.2. The van der Waals surface area contributed by atoms with Gasteiger partial charge in [-0.25, -0.2) is 0 Å². The number of rotatable bonds is 9. The first-order valence-corrected chi connectivity index (χ1v) is 11.0. The quantitative estimate of drug-likeness (QED) is 0.363. The van der Waals surface area contributed by atoms with Gasteiger partial charge in [-0.05, 0) is 31.4 Å². The summed E-state index contributed by atoms with van der Waals surface area (Å²) in [7, 11) is 3.47. The van der Waals surface area contributed by atoms with Crippen molar-refractivity contribution in [2.75, 3.05) is 40.5 Å². The fourth-order valence-electron chi connectivity index (χ4n) is 3.87. The van der Waals surface area contributed by atoms with Gasteiger partial charge in [0.2, 0.25) is 0 Å². The van der Waals surface area contributed by atoms with Crippen LogP contribution in [0.15, 0.2) is 53.5 Å². The molecule has 0 bridgehead atoms. The Hall–Kier alpha value is -2.57. The average molecular weight is 426 g/mol. The van der Waals surface area contributed by atoms with Crippen LogP contribution in [0.4, 0.5) is 0 Å². The Labute approximate surface area is 186 Å². The summed E-state index contributed by atoms with van der Waals surface area (Å²) in [6, 6.07) is 16.6. The summed E-state index contributed by atoms with van der Waals surface area (Å²) in [4.78, 5) is 4.34. The van der Waals surface area contributed by atoms with Gasteiger partial charge in [0.05, 0.1) is 26.4 Å². The molecule has 2 atom stereocenters. The lowest BCUT2D eigenvalue weighted by molar-refractivity contribution is -0.0265. The van der Waals surface area contributed by atoms with Crippen LogP contribution in [-0.2, 0) is 16.1 Å². The van der Waals surface area contributed by atoms with Crippen molar-refractivity contribution in [2.24, 2.45) is 10.9 Å². The Bertz CT molecular complexity index is 823. The molecule has 2 N–H and O–H groups in total. The minimum Gasteiger partial charge on any atom is -0.496 e. The van der Waals surface area contributed by atoms with E-state index in [0.29, 0.717) is 25.7 Å². The van der Waals surface area contributed by atoms with Crippen molar-refractivity contribution in [3.63, 3.8) is 0 Å². The van der Waals surface area contributed by atoms with Crippen molar-refractivity contribution in [3.8, 4) is 5.75 Å². The molecule has 0 saturated carbocycles. The summed E-state index contributed by atoms with van der Waals surface area (Å²) in [5.41, 5.74) is 3.57. The van der Waals surface area contributed by atoms with Crippen LogP contribution >= 0.6 is 0 Å². The van der Waals surface area contributed by atoms with E-state index in [2.05, 4.69) is 46.8 Å². The van der Waals surface area contributed by atoms with Crippen LogP contribution in [-0.4, -0.2) is 46.4 Å². The Morgan fingerprint density at radius 1 is 1.13 bits per heavy atom. The molecule has 2 aromatic carbocycles. The summed E-state index contributed by atoms with van der Waals surface area (Å²) in [5.74, 6) is 2.05. The molecule has 1 saturated heterocycles. The number of guanidine groups is 1. The summed E-state index contributed by atoms with van der Waals surface area (Å²) >= 11 is 0. The van der Waals surface area contributed by atoms with Crippen LogP contribution < -0.4 is 15.4 Å². The molecule has 0 radical (unpaired) electrons. The molecule has 2 aromatic rings. The Balaban J connectivity index is 1.41. The van der Waals surface area contributed by atoms with Gasteiger partial charge in [-0.2, -0.15) is 0 Å². The van der Waals surface area contributed by atoms with Gasteiger partial charge in [0.1, 0.15) is 5.75 Å². The molecular weight excluding hydrogens is 390 g/mol. The van der Waals surface area contributed by atoms with Crippen molar-refractivity contribution in [1.82, 2.24) is 10.6 Å². The molecule has 31 heavy (non-hydrogen) atoms. The minimum atomic E-state index is 0.129. The average Bonchev–Trinajstić information content (AvgIpc) is 2.82. The number of nitrogens with zero attached hydrogens (tertiary/aromatic N) is 1. The monoisotopic (exact) mass is 425 g/mol. The van der Waals surface area contributed by atoms with Crippen LogP contribution in [0.5, 0.6) is 5.75 Å². The predicted octanol–water partition coefficient (Wildman–Crippen LogP) is 3.85. The highest BCUT2D eigenvalue weighted by Crippen LogP contribution is 2.33. The third-order valence-electron chi connectivity index (χ3n) is 5.59. The van der Waals surface area contributed by atoms with Gasteiger partial charge in [-0.1, -0.05) is 48.0 Å². The molecule has 0 amide bonds. The normalized spacial score (nSPS) is 19.1. The highest BCUT2D eigenvalue weighted by molar-refractivity contribution is 5.79. The zero-order chi connectivity index (χ0) is 21.9. The fraction of sp³-hybridized carbons (Fsp3) is 0.480. The lowest BCUT2D eigenvalue weighted by atomic mass is 9.89. The van der Waals surface area contributed by atoms with Gasteiger partial charge in [-0.15, -0.1) is 0 Å². The van der Waals surface area contributed by atoms with E-state index in [1.165, 1.54) is 11.1 Å². The molecule has 1 heterocycles. The third kappa shape index (κ3) is 6.97. The molecule has 0 spiro atoms. The van der Waals surface area contributed by atoms with Crippen LogP contribution in [0.3, 0.4) is 0 Å². The van der Waals surface area contributed by atoms with Crippen molar-refractivity contribution in [2.45, 2.75) is 32.5 Å². The highest BCUT2D eigenvalue weighted by Gasteiger charge is 2.27. The van der Waals surface area contributed by atoms with E-state index in [1.807, 2.05) is 24.3 Å². The number of hydrogen-bond acceptors (Lipinski definition) is 4. The minimum absolute atomic E-state index is 0.129. The summed E-state index contributed by atoms with van der Waals surface area (Å²) in [6.45, 7) is 5.54. The van der Waals surface area contributed by atoms with Gasteiger partial charge in [0, 0.05) is 38.2 Å². The van der Waals surface area contributed by atoms with Gasteiger partial charge >= 0.3 is 0 Å². The van der Waals surface area contributed by atoms with Gasteiger partial charge in [0.15, 0.2) is 5.96 Å². The van der Waals surface area contributed by atoms with Crippen LogP contribution in [0, 0.1) is 12.8 Å². The van der Waals surface area contributed by atoms with Crippen LogP contribution in [0.1, 0.15) is 35.6 Å². The number of aryl methyl sites for hydroxylation is 1. The first-order valence-electron chi connectivity index (χ1n) is 11.0. The Morgan fingerprint density at radius 2 is 1.94 bits per heavy atom. The largest absolute Gasteiger partial charge is 0.496 e. The maximum Gasteiger partial charge on any atom is 0.191 e. The molecular formula is C25H35N3O3. The van der Waals surface area contributed by atoms with Crippen molar-refractivity contribution < 1.29 is 14.2 Å². The van der Waals surface area contributed by atoms with E-state index in [1.54, 1.807) is 14.2 Å². The second kappa shape index (κ2) is 12.3. The van der Waals surface area contributed by atoms with E-state index >= 15 is 0 Å². The number of ether oxygens (including phenoxy) is 3. The number of para-hydroxylation sites is 1. The highest BCUT2D eigenvalue weighted by atomic mass is 16.5. The maximum absolute atomic E-state index is 6.13. The SMILES string of the molecule is CN=C(NCCOCc1ccccc1OC)NCC1CCCOC1c1ccc(C)cc1. The zero-order valence-electron chi connectivity index (χ0n) is 18.9. The molecule has 1 aliphatic rings. The second-order valence-corrected chi connectivity index (χ2v) is 7.85. The molecule has 1 fully saturated rings. The smallest absolute Gasteiger partial charge is 0.191 e.